The number of nitrogens with zero attached hydrogens (tertiary/aromatic N) is 1. The van der Waals surface area contributed by atoms with Crippen molar-refractivity contribution < 1.29 is 13.5 Å². The molecule has 3 nitrogen and oxygen atoms in total. The third kappa shape index (κ3) is 4.72. The Morgan fingerprint density at radius 1 is 1.43 bits per heavy atom. The van der Waals surface area contributed by atoms with E-state index in [1.165, 1.54) is 6.07 Å². The number of nitrogens with one attached hydrogen (secondary N) is 1. The van der Waals surface area contributed by atoms with Crippen LogP contribution in [-0.4, -0.2) is 11.6 Å². The number of aryl methyl sites for hydroxylation is 1. The molecule has 0 aliphatic rings. The molecule has 0 bridgehead atoms. The molecule has 0 fully saturated rings. The van der Waals surface area contributed by atoms with Crippen molar-refractivity contribution in [3.63, 3.8) is 0 Å². The number of benzene rings is 1. The Kier molecular flexibility index (Phi) is 5.66. The van der Waals surface area contributed by atoms with Crippen LogP contribution in [0.5, 0.6) is 5.75 Å². The molecule has 1 aromatic heterocycles. The predicted molar refractivity (Wildman–Crippen MR) is 82.9 cm³/mol. The van der Waals surface area contributed by atoms with Crippen LogP contribution in [0.3, 0.4) is 0 Å². The lowest BCUT2D eigenvalue weighted by Crippen LogP contribution is -2.19. The van der Waals surface area contributed by atoms with Gasteiger partial charge in [0.2, 0.25) is 0 Å². The summed E-state index contributed by atoms with van der Waals surface area (Å²) in [7, 11) is 0. The van der Waals surface area contributed by atoms with Crippen LogP contribution in [0.1, 0.15) is 28.4 Å². The van der Waals surface area contributed by atoms with Gasteiger partial charge < -0.3 is 10.1 Å². The normalized spacial score (nSPS) is 12.7. The topological polar surface area (TPSA) is 34.2 Å². The average molecular weight is 377 g/mol. The van der Waals surface area contributed by atoms with Crippen LogP contribution < -0.4 is 10.1 Å². The Morgan fingerprint density at radius 2 is 2.19 bits per heavy atom. The van der Waals surface area contributed by atoms with Crippen molar-refractivity contribution >= 4 is 27.3 Å². The number of hydrogen-bond donors (Lipinski definition) is 1. The van der Waals surface area contributed by atoms with Crippen LogP contribution in [0.25, 0.3) is 0 Å². The first-order chi connectivity index (χ1) is 9.95. The van der Waals surface area contributed by atoms with Crippen LogP contribution >= 0.6 is 27.3 Å². The fourth-order valence-electron chi connectivity index (χ4n) is 1.82. The minimum atomic E-state index is -2.83. The van der Waals surface area contributed by atoms with Gasteiger partial charge in [-0.25, -0.2) is 4.98 Å². The van der Waals surface area contributed by atoms with Crippen molar-refractivity contribution in [2.75, 3.05) is 0 Å². The summed E-state index contributed by atoms with van der Waals surface area (Å²) in [6.45, 7) is 1.58. The maximum atomic E-state index is 12.4. The number of ether oxygens (including phenoxy) is 1. The van der Waals surface area contributed by atoms with Gasteiger partial charge >= 0.3 is 6.61 Å². The molecule has 7 heteroatoms. The quantitative estimate of drug-likeness (QED) is 0.795. The number of alkyl halides is 2. The molecule has 0 aliphatic carbocycles. The van der Waals surface area contributed by atoms with Crippen molar-refractivity contribution in [2.24, 2.45) is 0 Å². The van der Waals surface area contributed by atoms with E-state index in [0.29, 0.717) is 12.1 Å². The molecule has 0 saturated heterocycles. The van der Waals surface area contributed by atoms with E-state index in [-0.39, 0.29) is 11.8 Å². The molecule has 1 N–H and O–H groups in total. The van der Waals surface area contributed by atoms with Crippen molar-refractivity contribution in [3.8, 4) is 5.75 Å². The smallest absolute Gasteiger partial charge is 0.387 e. The lowest BCUT2D eigenvalue weighted by atomic mass is 10.2. The molecular formula is C14H15BrF2N2OS. The Morgan fingerprint density at radius 3 is 2.81 bits per heavy atom. The molecule has 0 spiro atoms. The summed E-state index contributed by atoms with van der Waals surface area (Å²) in [5.41, 5.74) is 0.671. The van der Waals surface area contributed by atoms with Crippen LogP contribution in [0.15, 0.2) is 28.9 Å². The number of halogens is 3. The molecule has 1 unspecified atom stereocenters. The number of aromatic nitrogens is 1. The highest BCUT2D eigenvalue weighted by Gasteiger charge is 2.13. The summed E-state index contributed by atoms with van der Waals surface area (Å²) < 4.78 is 30.2. The number of rotatable bonds is 6. The molecular weight excluding hydrogens is 362 g/mol. The molecule has 21 heavy (non-hydrogen) atoms. The Labute approximate surface area is 134 Å². The second-order valence-electron chi connectivity index (χ2n) is 4.54. The molecule has 0 amide bonds. The molecule has 0 aliphatic heterocycles. The van der Waals surface area contributed by atoms with Crippen molar-refractivity contribution in [1.29, 1.82) is 0 Å². The second-order valence-corrected chi connectivity index (χ2v) is 6.72. The lowest BCUT2D eigenvalue weighted by Gasteiger charge is -2.15. The zero-order valence-electron chi connectivity index (χ0n) is 11.6. The van der Waals surface area contributed by atoms with E-state index < -0.39 is 6.61 Å². The fraction of sp³-hybridized carbons (Fsp3) is 0.357. The van der Waals surface area contributed by atoms with E-state index in [2.05, 4.69) is 31.0 Å². The third-order valence-corrected chi connectivity index (χ3v) is 4.44. The van der Waals surface area contributed by atoms with Crippen LogP contribution in [-0.2, 0) is 6.54 Å². The Balaban J connectivity index is 2.06. The lowest BCUT2D eigenvalue weighted by molar-refractivity contribution is -0.0505. The van der Waals surface area contributed by atoms with E-state index in [1.54, 1.807) is 23.5 Å². The van der Waals surface area contributed by atoms with Gasteiger partial charge in [0.25, 0.3) is 0 Å². The summed E-state index contributed by atoms with van der Waals surface area (Å²) in [5, 5.41) is 4.24. The van der Waals surface area contributed by atoms with Gasteiger partial charge in [0, 0.05) is 27.7 Å². The summed E-state index contributed by atoms with van der Waals surface area (Å²) in [4.78, 5) is 5.45. The molecule has 114 valence electrons. The Bertz CT molecular complexity index is 606. The zero-order chi connectivity index (χ0) is 15.4. The predicted octanol–water partition coefficient (Wildman–Crippen LogP) is 4.67. The van der Waals surface area contributed by atoms with Crippen molar-refractivity contribution in [2.45, 2.75) is 33.0 Å². The van der Waals surface area contributed by atoms with E-state index in [9.17, 15) is 8.78 Å². The highest BCUT2D eigenvalue weighted by Crippen LogP contribution is 2.26. The van der Waals surface area contributed by atoms with E-state index in [4.69, 9.17) is 0 Å². The van der Waals surface area contributed by atoms with Gasteiger partial charge in [0.05, 0.1) is 6.04 Å². The highest BCUT2D eigenvalue weighted by atomic mass is 79.9. The summed E-state index contributed by atoms with van der Waals surface area (Å²) in [6, 6.07) is 5.02. The monoisotopic (exact) mass is 376 g/mol. The summed E-state index contributed by atoms with van der Waals surface area (Å²) in [5.74, 6) is 0.184. The van der Waals surface area contributed by atoms with E-state index in [1.807, 2.05) is 20.0 Å². The fourth-order valence-corrected chi connectivity index (χ4v) is 3.03. The van der Waals surface area contributed by atoms with Gasteiger partial charge in [0.1, 0.15) is 10.8 Å². The van der Waals surface area contributed by atoms with Crippen LogP contribution in [0, 0.1) is 6.92 Å². The number of thiazole rings is 1. The standard InChI is InChI=1S/C14H15BrF2N2OS/c1-8-6-19-13(21-8)9(2)18-7-10-5-11(15)3-4-12(10)20-14(16)17/h3-6,9,14,18H,7H2,1-2H3. The first-order valence-corrected chi connectivity index (χ1v) is 7.95. The molecule has 0 radical (unpaired) electrons. The van der Waals surface area contributed by atoms with Crippen molar-refractivity contribution in [3.05, 3.63) is 44.3 Å². The first-order valence-electron chi connectivity index (χ1n) is 6.34. The number of hydrogen-bond acceptors (Lipinski definition) is 4. The van der Waals surface area contributed by atoms with Gasteiger partial charge in [0.15, 0.2) is 0 Å². The Hall–Kier alpha value is -1.05. The van der Waals surface area contributed by atoms with Gasteiger partial charge in [-0.2, -0.15) is 8.78 Å². The molecule has 1 heterocycles. The second kappa shape index (κ2) is 7.29. The van der Waals surface area contributed by atoms with Gasteiger partial charge in [-0.05, 0) is 32.0 Å². The maximum Gasteiger partial charge on any atom is 0.387 e. The summed E-state index contributed by atoms with van der Waals surface area (Å²) >= 11 is 4.95. The molecule has 1 atom stereocenters. The highest BCUT2D eigenvalue weighted by molar-refractivity contribution is 9.10. The third-order valence-electron chi connectivity index (χ3n) is 2.85. The van der Waals surface area contributed by atoms with E-state index >= 15 is 0 Å². The largest absolute Gasteiger partial charge is 0.434 e. The average Bonchev–Trinajstić information content (AvgIpc) is 2.85. The van der Waals surface area contributed by atoms with Crippen LogP contribution in [0.2, 0.25) is 0 Å². The van der Waals surface area contributed by atoms with Crippen LogP contribution in [0.4, 0.5) is 8.78 Å². The molecule has 2 rings (SSSR count). The SMILES string of the molecule is Cc1cnc(C(C)NCc2cc(Br)ccc2OC(F)F)s1. The molecule has 1 aromatic carbocycles. The maximum absolute atomic E-state index is 12.4. The zero-order valence-corrected chi connectivity index (χ0v) is 14.0. The van der Waals surface area contributed by atoms with Crippen molar-refractivity contribution in [1.82, 2.24) is 10.3 Å². The molecule has 2 aromatic rings. The molecule has 0 saturated carbocycles. The minimum absolute atomic E-state index is 0.0436. The van der Waals surface area contributed by atoms with Gasteiger partial charge in [-0.15, -0.1) is 11.3 Å². The summed E-state index contributed by atoms with van der Waals surface area (Å²) in [6.07, 6.45) is 1.82. The van der Waals surface area contributed by atoms with E-state index in [0.717, 1.165) is 14.4 Å². The van der Waals surface area contributed by atoms with Gasteiger partial charge in [-0.1, -0.05) is 15.9 Å². The minimum Gasteiger partial charge on any atom is -0.434 e. The first kappa shape index (κ1) is 16.3. The van der Waals surface area contributed by atoms with Gasteiger partial charge in [-0.3, -0.25) is 0 Å².